The maximum Gasteiger partial charge on any atom is 0.235 e. The Bertz CT molecular complexity index is 521. The first kappa shape index (κ1) is 11.0. The number of methoxy groups -OCH3 is 1. The predicted octanol–water partition coefficient (Wildman–Crippen LogP) is 2.77. The molecule has 5 heteroatoms. The smallest absolute Gasteiger partial charge is 0.235 e. The lowest BCUT2D eigenvalue weighted by molar-refractivity contribution is -0.113. The lowest BCUT2D eigenvalue weighted by Crippen LogP contribution is -2.12. The molecule has 1 heterocycles. The van der Waals surface area contributed by atoms with Gasteiger partial charge in [0.1, 0.15) is 11.3 Å². The Morgan fingerprint density at radius 1 is 1.56 bits per heavy atom. The molecule has 0 atom stereocenters. The summed E-state index contributed by atoms with van der Waals surface area (Å²) >= 11 is 3.08. The van der Waals surface area contributed by atoms with Crippen LogP contribution >= 0.6 is 15.9 Å². The average molecular weight is 284 g/mol. The Morgan fingerprint density at radius 2 is 2.38 bits per heavy atom. The average Bonchev–Trinajstić information content (AvgIpc) is 2.75. The van der Waals surface area contributed by atoms with Gasteiger partial charge in [0.15, 0.2) is 0 Å². The van der Waals surface area contributed by atoms with Gasteiger partial charge >= 0.3 is 0 Å². The number of amides is 1. The molecule has 0 aliphatic heterocycles. The van der Waals surface area contributed by atoms with Crippen LogP contribution in [0.1, 0.15) is 0 Å². The normalized spacial score (nSPS) is 10.4. The van der Waals surface area contributed by atoms with E-state index < -0.39 is 0 Å². The second-order valence-electron chi connectivity index (χ2n) is 3.19. The molecule has 0 bridgehead atoms. The van der Waals surface area contributed by atoms with Crippen molar-refractivity contribution >= 4 is 38.5 Å². The summed E-state index contributed by atoms with van der Waals surface area (Å²) in [7, 11) is 1.58. The molecule has 2 rings (SSSR count). The first-order valence-corrected chi connectivity index (χ1v) is 5.78. The van der Waals surface area contributed by atoms with Crippen LogP contribution in [0.4, 0.5) is 5.69 Å². The minimum atomic E-state index is -0.118. The number of furan rings is 1. The van der Waals surface area contributed by atoms with Crippen LogP contribution in [0.2, 0.25) is 0 Å². The quantitative estimate of drug-likeness (QED) is 0.882. The number of fused-ring (bicyclic) bond motifs is 1. The molecule has 84 valence electrons. The van der Waals surface area contributed by atoms with E-state index in [2.05, 4.69) is 21.2 Å². The van der Waals surface area contributed by atoms with Crippen LogP contribution in [0.25, 0.3) is 11.0 Å². The summed E-state index contributed by atoms with van der Waals surface area (Å²) in [5, 5.41) is 3.87. The van der Waals surface area contributed by atoms with Crippen molar-refractivity contribution in [2.24, 2.45) is 0 Å². The van der Waals surface area contributed by atoms with Crippen molar-refractivity contribution in [1.29, 1.82) is 0 Å². The molecular weight excluding hydrogens is 274 g/mol. The number of alkyl halides is 1. The van der Waals surface area contributed by atoms with Crippen LogP contribution in [0.5, 0.6) is 5.75 Å². The molecule has 1 aromatic heterocycles. The maximum atomic E-state index is 11.2. The molecule has 0 fully saturated rings. The summed E-state index contributed by atoms with van der Waals surface area (Å²) in [5.41, 5.74) is 1.34. The van der Waals surface area contributed by atoms with Gasteiger partial charge in [-0.2, -0.15) is 0 Å². The second kappa shape index (κ2) is 4.57. The van der Waals surface area contributed by atoms with Crippen molar-refractivity contribution < 1.29 is 13.9 Å². The van der Waals surface area contributed by atoms with E-state index in [4.69, 9.17) is 9.15 Å². The Hall–Kier alpha value is -1.49. The molecule has 1 N–H and O–H groups in total. The topological polar surface area (TPSA) is 51.5 Å². The molecule has 16 heavy (non-hydrogen) atoms. The number of carbonyl (C=O) groups is 1. The highest BCUT2D eigenvalue weighted by atomic mass is 79.9. The summed E-state index contributed by atoms with van der Waals surface area (Å²) in [6, 6.07) is 5.35. The van der Waals surface area contributed by atoms with Crippen molar-refractivity contribution in [2.45, 2.75) is 0 Å². The highest BCUT2D eigenvalue weighted by molar-refractivity contribution is 9.09. The maximum absolute atomic E-state index is 11.2. The summed E-state index contributed by atoms with van der Waals surface area (Å²) < 4.78 is 10.5. The third-order valence-corrected chi connectivity index (χ3v) is 2.67. The molecule has 2 aromatic rings. The number of ether oxygens (including phenoxy) is 1. The number of nitrogens with one attached hydrogen (secondary N) is 1. The van der Waals surface area contributed by atoms with Crippen LogP contribution in [-0.2, 0) is 4.79 Å². The van der Waals surface area contributed by atoms with Crippen LogP contribution in [0.3, 0.4) is 0 Å². The van der Waals surface area contributed by atoms with E-state index in [1.807, 2.05) is 6.07 Å². The number of rotatable bonds is 3. The van der Waals surface area contributed by atoms with Crippen molar-refractivity contribution in [3.63, 3.8) is 0 Å². The van der Waals surface area contributed by atoms with Crippen LogP contribution < -0.4 is 10.1 Å². The fourth-order valence-electron chi connectivity index (χ4n) is 1.47. The van der Waals surface area contributed by atoms with E-state index in [-0.39, 0.29) is 11.2 Å². The van der Waals surface area contributed by atoms with E-state index in [1.165, 1.54) is 0 Å². The SMILES string of the molecule is COc1cc(NC(=O)CBr)cc2occc12. The monoisotopic (exact) mass is 283 g/mol. The zero-order valence-corrected chi connectivity index (χ0v) is 10.2. The molecule has 0 radical (unpaired) electrons. The number of halogens is 1. The summed E-state index contributed by atoms with van der Waals surface area (Å²) in [6.45, 7) is 0. The summed E-state index contributed by atoms with van der Waals surface area (Å²) in [4.78, 5) is 11.2. The third kappa shape index (κ3) is 2.04. The Labute approximate surface area is 101 Å². The highest BCUT2D eigenvalue weighted by Gasteiger charge is 2.08. The van der Waals surface area contributed by atoms with Gasteiger partial charge < -0.3 is 14.5 Å². The molecule has 4 nitrogen and oxygen atoms in total. The molecule has 0 saturated carbocycles. The fraction of sp³-hybridized carbons (Fsp3) is 0.182. The van der Waals surface area contributed by atoms with E-state index in [1.54, 1.807) is 25.5 Å². The Kier molecular flexibility index (Phi) is 3.14. The van der Waals surface area contributed by atoms with Gasteiger partial charge in [-0.25, -0.2) is 0 Å². The fourth-order valence-corrected chi connectivity index (χ4v) is 1.61. The Balaban J connectivity index is 2.43. The molecule has 1 amide bonds. The number of carbonyl (C=O) groups excluding carboxylic acids is 1. The molecule has 1 aromatic carbocycles. The van der Waals surface area contributed by atoms with Crippen molar-refractivity contribution in [3.05, 3.63) is 24.5 Å². The van der Waals surface area contributed by atoms with Gasteiger partial charge in [0.05, 0.1) is 24.1 Å². The summed E-state index contributed by atoms with van der Waals surface area (Å²) in [5.74, 6) is 0.559. The standard InChI is InChI=1S/C11H10BrNO3/c1-15-9-4-7(13-11(14)6-12)5-10-8(9)2-3-16-10/h2-5H,6H2,1H3,(H,13,14). The van der Waals surface area contributed by atoms with Crippen molar-refractivity contribution in [1.82, 2.24) is 0 Å². The zero-order valence-electron chi connectivity index (χ0n) is 8.62. The van der Waals surface area contributed by atoms with Gasteiger partial charge in [-0.15, -0.1) is 0 Å². The second-order valence-corrected chi connectivity index (χ2v) is 3.75. The highest BCUT2D eigenvalue weighted by Crippen LogP contribution is 2.30. The minimum Gasteiger partial charge on any atom is -0.496 e. The van der Waals surface area contributed by atoms with Gasteiger partial charge in [0.2, 0.25) is 5.91 Å². The number of hydrogen-bond donors (Lipinski definition) is 1. The number of benzene rings is 1. The first-order valence-electron chi connectivity index (χ1n) is 4.65. The van der Waals surface area contributed by atoms with Crippen LogP contribution in [0, 0.1) is 0 Å². The van der Waals surface area contributed by atoms with E-state index in [9.17, 15) is 4.79 Å². The molecule has 0 aliphatic carbocycles. The van der Waals surface area contributed by atoms with E-state index in [0.717, 1.165) is 5.39 Å². The molecule has 0 unspecified atom stereocenters. The van der Waals surface area contributed by atoms with Gasteiger partial charge in [-0.3, -0.25) is 4.79 Å². The minimum absolute atomic E-state index is 0.118. The van der Waals surface area contributed by atoms with Crippen molar-refractivity contribution in [3.8, 4) is 5.75 Å². The predicted molar refractivity (Wildman–Crippen MR) is 65.2 cm³/mol. The van der Waals surface area contributed by atoms with Crippen molar-refractivity contribution in [2.75, 3.05) is 17.8 Å². The molecular formula is C11H10BrNO3. The van der Waals surface area contributed by atoms with Gasteiger partial charge in [0.25, 0.3) is 0 Å². The van der Waals surface area contributed by atoms with E-state index in [0.29, 0.717) is 17.0 Å². The van der Waals surface area contributed by atoms with Crippen LogP contribution in [0.15, 0.2) is 28.9 Å². The number of anilines is 1. The van der Waals surface area contributed by atoms with Gasteiger partial charge in [-0.05, 0) is 6.07 Å². The molecule has 0 spiro atoms. The third-order valence-electron chi connectivity index (χ3n) is 2.16. The van der Waals surface area contributed by atoms with Gasteiger partial charge in [0, 0.05) is 17.8 Å². The first-order chi connectivity index (χ1) is 7.74. The number of hydrogen-bond acceptors (Lipinski definition) is 3. The molecule has 0 saturated heterocycles. The lowest BCUT2D eigenvalue weighted by Gasteiger charge is -2.06. The van der Waals surface area contributed by atoms with Gasteiger partial charge in [-0.1, -0.05) is 15.9 Å². The van der Waals surface area contributed by atoms with E-state index >= 15 is 0 Å². The lowest BCUT2D eigenvalue weighted by atomic mass is 10.2. The molecule has 0 aliphatic rings. The zero-order chi connectivity index (χ0) is 11.5. The largest absolute Gasteiger partial charge is 0.496 e. The van der Waals surface area contributed by atoms with Crippen LogP contribution in [-0.4, -0.2) is 18.3 Å². The Morgan fingerprint density at radius 3 is 3.06 bits per heavy atom. The summed E-state index contributed by atoms with van der Waals surface area (Å²) in [6.07, 6.45) is 1.59.